The molecule has 0 spiro atoms. The van der Waals surface area contributed by atoms with Crippen LogP contribution in [0.4, 0.5) is 5.69 Å². The normalized spacial score (nSPS) is 11.6. The molecule has 1 aromatic carbocycles. The van der Waals surface area contributed by atoms with Crippen LogP contribution in [0.5, 0.6) is 0 Å². The number of anilines is 1. The van der Waals surface area contributed by atoms with Gasteiger partial charge in [0.1, 0.15) is 5.76 Å². The molecule has 0 atom stereocenters. The Balaban J connectivity index is 2.28. The molecule has 2 N–H and O–H groups in total. The molecule has 1 aromatic heterocycles. The summed E-state index contributed by atoms with van der Waals surface area (Å²) in [5, 5.41) is 2.80. The van der Waals surface area contributed by atoms with Gasteiger partial charge in [0.2, 0.25) is 5.09 Å². The quantitative estimate of drug-likeness (QED) is 0.861. The van der Waals surface area contributed by atoms with Crippen LogP contribution in [0.1, 0.15) is 11.3 Å². The van der Waals surface area contributed by atoms with Crippen LogP contribution in [0, 0.1) is 6.92 Å². The van der Waals surface area contributed by atoms with Crippen molar-refractivity contribution < 1.29 is 12.8 Å². The second kappa shape index (κ2) is 5.99. The van der Waals surface area contributed by atoms with Gasteiger partial charge in [-0.3, -0.25) is 4.72 Å². The van der Waals surface area contributed by atoms with Crippen LogP contribution in [0.25, 0.3) is 0 Å². The van der Waals surface area contributed by atoms with Crippen molar-refractivity contribution in [1.82, 2.24) is 5.32 Å². The average molecular weight is 359 g/mol. The number of benzene rings is 1. The Hall–Kier alpha value is -1.31. The van der Waals surface area contributed by atoms with Crippen LogP contribution in [0.3, 0.4) is 0 Å². The van der Waals surface area contributed by atoms with Crippen LogP contribution in [-0.2, 0) is 16.6 Å². The fourth-order valence-electron chi connectivity index (χ4n) is 1.67. The van der Waals surface area contributed by atoms with Crippen molar-refractivity contribution >= 4 is 31.6 Å². The van der Waals surface area contributed by atoms with E-state index in [2.05, 4.69) is 26.0 Å². The summed E-state index contributed by atoms with van der Waals surface area (Å²) in [6.07, 6.45) is 0. The standard InChI is InChI=1S/C13H15BrN2O3S/c1-9-3-4-10(14)7-12(9)16-20(17,18)13-6-5-11(19-13)8-15-2/h3-7,15-16H,8H2,1-2H3. The summed E-state index contributed by atoms with van der Waals surface area (Å²) in [5.74, 6) is 0.568. The molecule has 0 fully saturated rings. The molecule has 108 valence electrons. The first-order valence-electron chi connectivity index (χ1n) is 5.94. The maximum absolute atomic E-state index is 12.2. The predicted octanol–water partition coefficient (Wildman–Crippen LogP) is 2.87. The molecule has 20 heavy (non-hydrogen) atoms. The highest BCUT2D eigenvalue weighted by Crippen LogP contribution is 2.24. The molecule has 0 saturated heterocycles. The van der Waals surface area contributed by atoms with Gasteiger partial charge in [-0.05, 0) is 43.8 Å². The molecular weight excluding hydrogens is 344 g/mol. The highest BCUT2D eigenvalue weighted by molar-refractivity contribution is 9.10. The minimum atomic E-state index is -3.72. The third-order valence-electron chi connectivity index (χ3n) is 2.70. The lowest BCUT2D eigenvalue weighted by Gasteiger charge is -2.09. The van der Waals surface area contributed by atoms with Gasteiger partial charge >= 0.3 is 0 Å². The number of hydrogen-bond donors (Lipinski definition) is 2. The molecular formula is C13H15BrN2O3S. The Morgan fingerprint density at radius 2 is 2.00 bits per heavy atom. The molecule has 7 heteroatoms. The zero-order valence-corrected chi connectivity index (χ0v) is 13.5. The minimum Gasteiger partial charge on any atom is -0.446 e. The van der Waals surface area contributed by atoms with Crippen molar-refractivity contribution in [2.75, 3.05) is 11.8 Å². The number of furan rings is 1. The Morgan fingerprint density at radius 1 is 1.25 bits per heavy atom. The lowest BCUT2D eigenvalue weighted by molar-refractivity contribution is 0.408. The molecule has 0 unspecified atom stereocenters. The number of rotatable bonds is 5. The average Bonchev–Trinajstić information content (AvgIpc) is 2.83. The van der Waals surface area contributed by atoms with E-state index in [0.29, 0.717) is 18.0 Å². The molecule has 0 aliphatic rings. The van der Waals surface area contributed by atoms with Crippen LogP contribution in [0.2, 0.25) is 0 Å². The second-order valence-electron chi connectivity index (χ2n) is 4.32. The van der Waals surface area contributed by atoms with Gasteiger partial charge < -0.3 is 9.73 Å². The SMILES string of the molecule is CNCc1ccc(S(=O)(=O)Nc2cc(Br)ccc2C)o1. The number of aryl methyl sites for hydroxylation is 1. The highest BCUT2D eigenvalue weighted by Gasteiger charge is 2.19. The molecule has 0 aliphatic carbocycles. The smallest absolute Gasteiger partial charge is 0.295 e. The maximum Gasteiger partial charge on any atom is 0.295 e. The summed E-state index contributed by atoms with van der Waals surface area (Å²) in [6.45, 7) is 2.31. The van der Waals surface area contributed by atoms with Gasteiger partial charge in [0, 0.05) is 4.47 Å². The second-order valence-corrected chi connectivity index (χ2v) is 6.84. The van der Waals surface area contributed by atoms with Gasteiger partial charge in [0.05, 0.1) is 12.2 Å². The molecule has 0 bridgehead atoms. The molecule has 0 saturated carbocycles. The Labute approximate surface area is 126 Å². The van der Waals surface area contributed by atoms with Crippen LogP contribution in [0.15, 0.2) is 44.3 Å². The number of hydrogen-bond acceptors (Lipinski definition) is 4. The Morgan fingerprint density at radius 3 is 2.70 bits per heavy atom. The van der Waals surface area contributed by atoms with Gasteiger partial charge in [-0.2, -0.15) is 8.42 Å². The van der Waals surface area contributed by atoms with E-state index in [1.807, 2.05) is 19.1 Å². The summed E-state index contributed by atoms with van der Waals surface area (Å²) >= 11 is 3.32. The first-order valence-corrected chi connectivity index (χ1v) is 8.22. The van der Waals surface area contributed by atoms with E-state index in [0.717, 1.165) is 10.0 Å². The van der Waals surface area contributed by atoms with Crippen molar-refractivity contribution in [2.24, 2.45) is 0 Å². The van der Waals surface area contributed by atoms with E-state index in [1.165, 1.54) is 6.07 Å². The zero-order chi connectivity index (χ0) is 14.8. The molecule has 0 aliphatic heterocycles. The van der Waals surface area contributed by atoms with Gasteiger partial charge in [0.15, 0.2) is 0 Å². The van der Waals surface area contributed by atoms with Gasteiger partial charge in [-0.15, -0.1) is 0 Å². The molecule has 2 rings (SSSR count). The van der Waals surface area contributed by atoms with Crippen LogP contribution >= 0.6 is 15.9 Å². The lowest BCUT2D eigenvalue weighted by atomic mass is 10.2. The van der Waals surface area contributed by atoms with Gasteiger partial charge in [-0.25, -0.2) is 0 Å². The van der Waals surface area contributed by atoms with E-state index in [1.54, 1.807) is 19.2 Å². The van der Waals surface area contributed by atoms with E-state index >= 15 is 0 Å². The van der Waals surface area contributed by atoms with E-state index in [4.69, 9.17) is 4.42 Å². The van der Waals surface area contributed by atoms with Gasteiger partial charge in [-0.1, -0.05) is 22.0 Å². The Bertz CT molecular complexity index is 710. The number of nitrogens with one attached hydrogen (secondary N) is 2. The first-order chi connectivity index (χ1) is 9.42. The topological polar surface area (TPSA) is 71.3 Å². The summed E-state index contributed by atoms with van der Waals surface area (Å²) in [6, 6.07) is 8.48. The number of halogens is 1. The van der Waals surface area contributed by atoms with E-state index < -0.39 is 10.0 Å². The van der Waals surface area contributed by atoms with Crippen molar-refractivity contribution in [3.63, 3.8) is 0 Å². The molecule has 1 heterocycles. The summed E-state index contributed by atoms with van der Waals surface area (Å²) < 4.78 is 33.1. The number of sulfonamides is 1. The molecule has 0 amide bonds. The maximum atomic E-state index is 12.2. The van der Waals surface area contributed by atoms with Crippen molar-refractivity contribution in [3.05, 3.63) is 46.1 Å². The Kier molecular flexibility index (Phi) is 4.52. The van der Waals surface area contributed by atoms with Gasteiger partial charge in [0.25, 0.3) is 10.0 Å². The van der Waals surface area contributed by atoms with Crippen LogP contribution in [-0.4, -0.2) is 15.5 Å². The minimum absolute atomic E-state index is 0.0953. The van der Waals surface area contributed by atoms with E-state index in [-0.39, 0.29) is 5.09 Å². The largest absolute Gasteiger partial charge is 0.446 e. The summed E-state index contributed by atoms with van der Waals surface area (Å²) in [4.78, 5) is 0. The fraction of sp³-hybridized carbons (Fsp3) is 0.231. The van der Waals surface area contributed by atoms with Crippen molar-refractivity contribution in [3.8, 4) is 0 Å². The summed E-state index contributed by atoms with van der Waals surface area (Å²) in [7, 11) is -1.95. The van der Waals surface area contributed by atoms with Crippen molar-refractivity contribution in [2.45, 2.75) is 18.6 Å². The third kappa shape index (κ3) is 3.41. The zero-order valence-electron chi connectivity index (χ0n) is 11.1. The van der Waals surface area contributed by atoms with E-state index in [9.17, 15) is 8.42 Å². The lowest BCUT2D eigenvalue weighted by Crippen LogP contribution is -2.13. The fourth-order valence-corrected chi connectivity index (χ4v) is 3.11. The monoisotopic (exact) mass is 358 g/mol. The summed E-state index contributed by atoms with van der Waals surface area (Å²) in [5.41, 5.74) is 1.35. The third-order valence-corrected chi connectivity index (χ3v) is 4.43. The molecule has 5 nitrogen and oxygen atoms in total. The predicted molar refractivity (Wildman–Crippen MR) is 81.2 cm³/mol. The first kappa shape index (κ1) is 15.1. The van der Waals surface area contributed by atoms with Crippen LogP contribution < -0.4 is 10.0 Å². The molecule has 2 aromatic rings. The highest BCUT2D eigenvalue weighted by atomic mass is 79.9. The molecule has 0 radical (unpaired) electrons. The van der Waals surface area contributed by atoms with Crippen molar-refractivity contribution in [1.29, 1.82) is 0 Å².